The number of hydrogen-bond acceptors (Lipinski definition) is 4. The summed E-state index contributed by atoms with van der Waals surface area (Å²) in [6, 6.07) is 14.4. The number of halogens is 1. The van der Waals surface area contributed by atoms with Crippen LogP contribution in [-0.2, 0) is 5.54 Å². The van der Waals surface area contributed by atoms with Crippen molar-refractivity contribution in [2.24, 2.45) is 0 Å². The van der Waals surface area contributed by atoms with Gasteiger partial charge in [-0.25, -0.2) is 9.07 Å². The summed E-state index contributed by atoms with van der Waals surface area (Å²) in [7, 11) is 0. The van der Waals surface area contributed by atoms with Gasteiger partial charge in [0.15, 0.2) is 0 Å². The van der Waals surface area contributed by atoms with Gasteiger partial charge in [0.05, 0.1) is 34.7 Å². The molecule has 1 aliphatic rings. The molecule has 0 saturated heterocycles. The van der Waals surface area contributed by atoms with Crippen molar-refractivity contribution < 1.29 is 9.18 Å². The van der Waals surface area contributed by atoms with Gasteiger partial charge in [0.2, 0.25) is 0 Å². The summed E-state index contributed by atoms with van der Waals surface area (Å²) >= 11 is 1.69. The predicted molar refractivity (Wildman–Crippen MR) is 115 cm³/mol. The minimum Gasteiger partial charge on any atom is -0.342 e. The number of carbonyl (C=O) groups is 1. The number of rotatable bonds is 5. The molecule has 2 aromatic heterocycles. The van der Waals surface area contributed by atoms with Crippen molar-refractivity contribution in [2.45, 2.75) is 23.3 Å². The van der Waals surface area contributed by atoms with Gasteiger partial charge < -0.3 is 5.32 Å². The van der Waals surface area contributed by atoms with Gasteiger partial charge in [-0.2, -0.15) is 5.10 Å². The van der Waals surface area contributed by atoms with E-state index in [4.69, 9.17) is 0 Å². The number of thioether (sulfide) groups is 1. The molecule has 5 rings (SSSR count). The zero-order chi connectivity index (χ0) is 20.7. The molecule has 0 unspecified atom stereocenters. The van der Waals surface area contributed by atoms with Crippen molar-refractivity contribution in [3.8, 4) is 5.69 Å². The molecule has 0 bridgehead atoms. The second kappa shape index (κ2) is 7.25. The molecule has 0 radical (unpaired) electrons. The van der Waals surface area contributed by atoms with Crippen LogP contribution in [0.5, 0.6) is 0 Å². The van der Waals surface area contributed by atoms with E-state index in [9.17, 15) is 9.18 Å². The van der Waals surface area contributed by atoms with E-state index in [-0.39, 0.29) is 17.3 Å². The quantitative estimate of drug-likeness (QED) is 0.477. The topological polar surface area (TPSA) is 59.8 Å². The summed E-state index contributed by atoms with van der Waals surface area (Å²) in [5.74, 6) is -0.479. The molecule has 2 heterocycles. The lowest BCUT2D eigenvalue weighted by Gasteiger charge is -2.19. The fourth-order valence-corrected chi connectivity index (χ4v) is 4.19. The van der Waals surface area contributed by atoms with Crippen molar-refractivity contribution in [1.29, 1.82) is 0 Å². The molecule has 1 N–H and O–H groups in total. The van der Waals surface area contributed by atoms with Crippen LogP contribution >= 0.6 is 11.8 Å². The molecule has 0 spiro atoms. The van der Waals surface area contributed by atoms with Crippen LogP contribution in [0.4, 0.5) is 4.39 Å². The van der Waals surface area contributed by atoms with Crippen molar-refractivity contribution in [1.82, 2.24) is 20.1 Å². The Morgan fingerprint density at radius 1 is 1.13 bits per heavy atom. The molecule has 30 heavy (non-hydrogen) atoms. The second-order valence-corrected chi connectivity index (χ2v) is 8.30. The number of fused-ring (bicyclic) bond motifs is 1. The highest BCUT2D eigenvalue weighted by Crippen LogP contribution is 2.46. The smallest absolute Gasteiger partial charge is 0.254 e. The monoisotopic (exact) mass is 418 g/mol. The summed E-state index contributed by atoms with van der Waals surface area (Å²) < 4.78 is 14.9. The summed E-state index contributed by atoms with van der Waals surface area (Å²) in [5.41, 5.74) is 2.69. The predicted octanol–water partition coefficient (Wildman–Crippen LogP) is 4.70. The molecule has 1 aliphatic carbocycles. The molecule has 0 aliphatic heterocycles. The zero-order valence-electron chi connectivity index (χ0n) is 16.3. The maximum absolute atomic E-state index is 13.3. The minimum absolute atomic E-state index is 0.168. The molecular weight excluding hydrogens is 399 g/mol. The van der Waals surface area contributed by atoms with Crippen LogP contribution in [0.2, 0.25) is 0 Å². The van der Waals surface area contributed by atoms with Gasteiger partial charge in [0.25, 0.3) is 5.91 Å². The van der Waals surface area contributed by atoms with Gasteiger partial charge in [0.1, 0.15) is 5.82 Å². The van der Waals surface area contributed by atoms with Crippen molar-refractivity contribution in [2.75, 3.05) is 6.26 Å². The summed E-state index contributed by atoms with van der Waals surface area (Å²) in [5, 5.41) is 8.34. The Bertz CT molecular complexity index is 1250. The molecule has 1 saturated carbocycles. The highest BCUT2D eigenvalue weighted by Gasteiger charge is 2.46. The van der Waals surface area contributed by atoms with Gasteiger partial charge in [-0.3, -0.25) is 9.78 Å². The largest absolute Gasteiger partial charge is 0.342 e. The Kier molecular flexibility index (Phi) is 4.55. The SMILES string of the molecule is CSc1cccc(C2(NC(=O)c3cncc4c3cnn4-c3ccc(F)cc3)CC2)c1. The number of hydrogen-bond donors (Lipinski definition) is 1. The number of pyridine rings is 1. The lowest BCUT2D eigenvalue weighted by molar-refractivity contribution is 0.0932. The first-order chi connectivity index (χ1) is 14.6. The number of nitrogens with one attached hydrogen (secondary N) is 1. The van der Waals surface area contributed by atoms with Crippen LogP contribution in [0.25, 0.3) is 16.6 Å². The van der Waals surface area contributed by atoms with E-state index in [1.165, 1.54) is 17.0 Å². The molecule has 1 amide bonds. The van der Waals surface area contributed by atoms with Crippen LogP contribution in [0, 0.1) is 5.82 Å². The average Bonchev–Trinajstić information content (AvgIpc) is 3.43. The summed E-state index contributed by atoms with van der Waals surface area (Å²) in [6.45, 7) is 0. The van der Waals surface area contributed by atoms with E-state index >= 15 is 0 Å². The number of nitrogens with zero attached hydrogens (tertiary/aromatic N) is 3. The van der Waals surface area contributed by atoms with Gasteiger partial charge >= 0.3 is 0 Å². The van der Waals surface area contributed by atoms with Crippen LogP contribution < -0.4 is 5.32 Å². The van der Waals surface area contributed by atoms with Crippen LogP contribution in [-0.4, -0.2) is 26.9 Å². The maximum Gasteiger partial charge on any atom is 0.254 e. The fourth-order valence-electron chi connectivity index (χ4n) is 3.73. The minimum atomic E-state index is -0.321. The van der Waals surface area contributed by atoms with Gasteiger partial charge in [-0.1, -0.05) is 12.1 Å². The lowest BCUT2D eigenvalue weighted by atomic mass is 10.0. The van der Waals surface area contributed by atoms with Crippen LogP contribution in [0.3, 0.4) is 0 Å². The average molecular weight is 418 g/mol. The third-order valence-corrected chi connectivity index (χ3v) is 6.26. The first-order valence-electron chi connectivity index (χ1n) is 9.64. The Labute approximate surface area is 177 Å². The van der Waals surface area contributed by atoms with E-state index < -0.39 is 0 Å². The molecule has 1 fully saturated rings. The molecule has 150 valence electrons. The van der Waals surface area contributed by atoms with Crippen LogP contribution in [0.1, 0.15) is 28.8 Å². The van der Waals surface area contributed by atoms with E-state index in [1.807, 2.05) is 12.3 Å². The van der Waals surface area contributed by atoms with E-state index in [2.05, 4.69) is 33.6 Å². The van der Waals surface area contributed by atoms with E-state index in [0.717, 1.165) is 18.4 Å². The standard InChI is InChI=1S/C23H19FN4OS/c1-30-18-4-2-3-15(11-18)23(9-10-23)27-22(29)20-12-25-14-21-19(20)13-26-28(21)17-7-5-16(24)6-8-17/h2-8,11-14H,9-10H2,1H3,(H,27,29). The highest BCUT2D eigenvalue weighted by molar-refractivity contribution is 7.98. The van der Waals surface area contributed by atoms with Crippen molar-refractivity contribution in [3.05, 3.63) is 84.1 Å². The van der Waals surface area contributed by atoms with Gasteiger partial charge in [-0.05, 0) is 61.1 Å². The zero-order valence-corrected chi connectivity index (χ0v) is 17.1. The second-order valence-electron chi connectivity index (χ2n) is 7.42. The van der Waals surface area contributed by atoms with Gasteiger partial charge in [0, 0.05) is 16.5 Å². The first-order valence-corrected chi connectivity index (χ1v) is 10.9. The lowest BCUT2D eigenvalue weighted by Crippen LogP contribution is -2.35. The third-order valence-electron chi connectivity index (χ3n) is 5.54. The van der Waals surface area contributed by atoms with E-state index in [1.54, 1.807) is 47.2 Å². The van der Waals surface area contributed by atoms with Crippen LogP contribution in [0.15, 0.2) is 72.0 Å². The summed E-state index contributed by atoms with van der Waals surface area (Å²) in [4.78, 5) is 18.6. The first kappa shape index (κ1) is 18.8. The normalized spacial score (nSPS) is 14.6. The Morgan fingerprint density at radius 3 is 2.67 bits per heavy atom. The number of benzene rings is 2. The van der Waals surface area contributed by atoms with Crippen molar-refractivity contribution >= 4 is 28.6 Å². The number of carbonyl (C=O) groups excluding carboxylic acids is 1. The van der Waals surface area contributed by atoms with Crippen molar-refractivity contribution in [3.63, 3.8) is 0 Å². The Morgan fingerprint density at radius 2 is 1.93 bits per heavy atom. The number of amides is 1. The highest BCUT2D eigenvalue weighted by atomic mass is 32.2. The number of aromatic nitrogens is 3. The molecule has 0 atom stereocenters. The summed E-state index contributed by atoms with van der Waals surface area (Å²) in [6.07, 6.45) is 8.76. The molecule has 7 heteroatoms. The third kappa shape index (κ3) is 3.25. The van der Waals surface area contributed by atoms with Gasteiger partial charge in [-0.15, -0.1) is 11.8 Å². The van der Waals surface area contributed by atoms with E-state index in [0.29, 0.717) is 22.2 Å². The molecular formula is C23H19FN4OS. The Balaban J connectivity index is 1.48. The molecule has 2 aromatic carbocycles. The molecule has 4 aromatic rings. The fraction of sp³-hybridized carbons (Fsp3) is 0.174. The maximum atomic E-state index is 13.3. The molecule has 5 nitrogen and oxygen atoms in total. The Hall–Kier alpha value is -3.19.